The van der Waals surface area contributed by atoms with E-state index in [0.717, 1.165) is 66.4 Å². The van der Waals surface area contributed by atoms with E-state index in [0.29, 0.717) is 17.6 Å². The van der Waals surface area contributed by atoms with E-state index in [9.17, 15) is 0 Å². The van der Waals surface area contributed by atoms with Gasteiger partial charge in [-0.05, 0) is 36.4 Å². The molecule has 4 heterocycles. The van der Waals surface area contributed by atoms with Gasteiger partial charge in [0.2, 0.25) is 5.95 Å². The van der Waals surface area contributed by atoms with Crippen molar-refractivity contribution in [1.29, 1.82) is 0 Å². The Morgan fingerprint density at radius 2 is 0.820 bits per heavy atom. The molecule has 0 N–H and O–H groups in total. The smallest absolute Gasteiger partial charge is 0.238 e. The van der Waals surface area contributed by atoms with Crippen LogP contribution in [0.3, 0.4) is 0 Å². The number of para-hydroxylation sites is 2. The van der Waals surface area contributed by atoms with Crippen LogP contribution >= 0.6 is 0 Å². The predicted molar refractivity (Wildman–Crippen MR) is 203 cm³/mol. The lowest BCUT2D eigenvalue weighted by Gasteiger charge is -2.12. The number of rotatable bonds is 5. The van der Waals surface area contributed by atoms with Crippen molar-refractivity contribution in [2.75, 3.05) is 0 Å². The molecule has 10 aromatic rings. The van der Waals surface area contributed by atoms with E-state index in [1.807, 2.05) is 78.9 Å². The Hall–Kier alpha value is -6.92. The number of nitrogens with zero attached hydrogens (tertiary/aromatic N) is 6. The first kappa shape index (κ1) is 28.1. The summed E-state index contributed by atoms with van der Waals surface area (Å²) in [6.07, 6.45) is 0. The summed E-state index contributed by atoms with van der Waals surface area (Å²) in [5.41, 5.74) is 8.06. The molecule has 0 unspecified atom stereocenters. The molecule has 0 aliphatic rings. The summed E-state index contributed by atoms with van der Waals surface area (Å²) < 4.78 is 4.46. The van der Waals surface area contributed by atoms with Gasteiger partial charge in [-0.2, -0.15) is 9.97 Å². The molecule has 6 heteroatoms. The van der Waals surface area contributed by atoms with Gasteiger partial charge in [-0.3, -0.25) is 9.13 Å². The Kier molecular flexibility index (Phi) is 6.39. The van der Waals surface area contributed by atoms with E-state index in [4.69, 9.17) is 19.9 Å². The van der Waals surface area contributed by atoms with Crippen LogP contribution in [0.1, 0.15) is 0 Å². The van der Waals surface area contributed by atoms with Crippen LogP contribution < -0.4 is 0 Å². The Bertz CT molecular complexity index is 2800. The fourth-order valence-corrected chi connectivity index (χ4v) is 7.11. The fraction of sp³-hybridized carbons (Fsp3) is 0. The number of hydrogen-bond acceptors (Lipinski definition) is 4. The van der Waals surface area contributed by atoms with Crippen molar-refractivity contribution < 1.29 is 0 Å². The zero-order chi connectivity index (χ0) is 33.0. The average Bonchev–Trinajstić information content (AvgIpc) is 3.70. The number of fused-ring (bicyclic) bond motifs is 6. The molecule has 0 aliphatic carbocycles. The molecule has 0 saturated heterocycles. The molecule has 50 heavy (non-hydrogen) atoms. The van der Waals surface area contributed by atoms with Crippen molar-refractivity contribution in [3.05, 3.63) is 170 Å². The third-order valence-electron chi connectivity index (χ3n) is 9.39. The van der Waals surface area contributed by atoms with Gasteiger partial charge in [0.1, 0.15) is 5.82 Å². The van der Waals surface area contributed by atoms with Crippen LogP contribution in [0.15, 0.2) is 170 Å². The summed E-state index contributed by atoms with van der Waals surface area (Å²) >= 11 is 0. The minimum Gasteiger partial charge on any atom is -0.294 e. The lowest BCUT2D eigenvalue weighted by Crippen LogP contribution is -2.06. The van der Waals surface area contributed by atoms with Crippen LogP contribution in [-0.2, 0) is 0 Å². The van der Waals surface area contributed by atoms with Gasteiger partial charge in [-0.1, -0.05) is 133 Å². The van der Waals surface area contributed by atoms with E-state index in [1.54, 1.807) is 0 Å². The fourth-order valence-electron chi connectivity index (χ4n) is 7.11. The Labute approximate surface area is 287 Å². The minimum absolute atomic E-state index is 0.565. The van der Waals surface area contributed by atoms with E-state index >= 15 is 0 Å². The Morgan fingerprint density at radius 1 is 0.320 bits per heavy atom. The number of pyridine rings is 1. The normalized spacial score (nSPS) is 11.6. The molecular weight excluding hydrogens is 613 g/mol. The lowest BCUT2D eigenvalue weighted by atomic mass is 10.1. The Morgan fingerprint density at radius 3 is 1.42 bits per heavy atom. The largest absolute Gasteiger partial charge is 0.294 e. The van der Waals surface area contributed by atoms with E-state index < -0.39 is 0 Å². The zero-order valence-electron chi connectivity index (χ0n) is 26.8. The topological polar surface area (TPSA) is 61.4 Å². The van der Waals surface area contributed by atoms with Gasteiger partial charge < -0.3 is 0 Å². The molecule has 0 radical (unpaired) electrons. The van der Waals surface area contributed by atoms with Crippen molar-refractivity contribution in [3.8, 4) is 45.8 Å². The quantitative estimate of drug-likeness (QED) is 0.188. The van der Waals surface area contributed by atoms with Crippen LogP contribution in [-0.4, -0.2) is 29.1 Å². The van der Waals surface area contributed by atoms with Gasteiger partial charge in [-0.15, -0.1) is 0 Å². The minimum atomic E-state index is 0.565. The molecular formula is C44H28N6. The van der Waals surface area contributed by atoms with Crippen LogP contribution in [0.25, 0.3) is 89.4 Å². The monoisotopic (exact) mass is 640 g/mol. The van der Waals surface area contributed by atoms with Crippen LogP contribution in [0.5, 0.6) is 0 Å². The van der Waals surface area contributed by atoms with Crippen molar-refractivity contribution in [3.63, 3.8) is 0 Å². The van der Waals surface area contributed by atoms with Crippen molar-refractivity contribution >= 4 is 43.6 Å². The number of hydrogen-bond donors (Lipinski definition) is 0. The lowest BCUT2D eigenvalue weighted by molar-refractivity contribution is 0.953. The average molecular weight is 641 g/mol. The van der Waals surface area contributed by atoms with Gasteiger partial charge >= 0.3 is 0 Å². The van der Waals surface area contributed by atoms with Gasteiger partial charge in [-0.25, -0.2) is 9.97 Å². The predicted octanol–water partition coefficient (Wildman–Crippen LogP) is 10.5. The molecule has 6 aromatic carbocycles. The molecule has 0 spiro atoms. The molecule has 0 amide bonds. The molecule has 6 nitrogen and oxygen atoms in total. The second kappa shape index (κ2) is 11.4. The molecule has 234 valence electrons. The third-order valence-corrected chi connectivity index (χ3v) is 9.39. The highest BCUT2D eigenvalue weighted by Crippen LogP contribution is 2.39. The molecule has 4 aromatic heterocycles. The van der Waals surface area contributed by atoms with Gasteiger partial charge in [0, 0.05) is 38.2 Å². The maximum Gasteiger partial charge on any atom is 0.238 e. The summed E-state index contributed by atoms with van der Waals surface area (Å²) in [4.78, 5) is 20.4. The van der Waals surface area contributed by atoms with Crippen LogP contribution in [0.4, 0.5) is 0 Å². The van der Waals surface area contributed by atoms with Crippen LogP contribution in [0, 0.1) is 0 Å². The maximum absolute atomic E-state index is 5.20. The highest BCUT2D eigenvalue weighted by Gasteiger charge is 2.21. The van der Waals surface area contributed by atoms with Crippen LogP contribution in [0.2, 0.25) is 0 Å². The SMILES string of the molecule is c1ccc(-c2cccc(-n3c4ccccc4c4cc5c6ccccc6n(-c6nc(-c7ccccc7)nc(-c7ccccc7)n6)c5cc43)n2)cc1. The summed E-state index contributed by atoms with van der Waals surface area (Å²) in [5.74, 6) is 2.67. The molecule has 0 bridgehead atoms. The van der Waals surface area contributed by atoms with E-state index in [-0.39, 0.29) is 0 Å². The summed E-state index contributed by atoms with van der Waals surface area (Å²) in [5, 5.41) is 4.60. The maximum atomic E-state index is 5.20. The van der Waals surface area contributed by atoms with Gasteiger partial charge in [0.25, 0.3) is 0 Å². The standard InChI is InChI=1S/C44H28N6/c1-4-15-29(16-5-1)36-23-14-26-41(45-36)49-37-24-12-10-21-32(37)34-27-35-33-22-11-13-25-38(33)50(40(35)28-39(34)49)44-47-42(30-17-6-2-7-18-30)46-43(48-44)31-19-8-3-9-20-31/h1-28H. The summed E-state index contributed by atoms with van der Waals surface area (Å²) in [6.45, 7) is 0. The number of aromatic nitrogens is 6. The van der Waals surface area contributed by atoms with Gasteiger partial charge in [0.05, 0.1) is 27.8 Å². The molecule has 10 rings (SSSR count). The molecule has 0 saturated carbocycles. The molecule has 0 atom stereocenters. The highest BCUT2D eigenvalue weighted by molar-refractivity contribution is 6.19. The second-order valence-corrected chi connectivity index (χ2v) is 12.4. The van der Waals surface area contributed by atoms with E-state index in [1.165, 1.54) is 5.39 Å². The number of benzene rings is 6. The highest BCUT2D eigenvalue weighted by atomic mass is 15.2. The first-order valence-electron chi connectivity index (χ1n) is 16.7. The van der Waals surface area contributed by atoms with Crippen molar-refractivity contribution in [2.45, 2.75) is 0 Å². The second-order valence-electron chi connectivity index (χ2n) is 12.4. The summed E-state index contributed by atoms with van der Waals surface area (Å²) in [6, 6.07) is 58.4. The molecule has 0 fully saturated rings. The zero-order valence-corrected chi connectivity index (χ0v) is 26.8. The van der Waals surface area contributed by atoms with Crippen molar-refractivity contribution in [1.82, 2.24) is 29.1 Å². The summed E-state index contributed by atoms with van der Waals surface area (Å²) in [7, 11) is 0. The first-order valence-corrected chi connectivity index (χ1v) is 16.7. The van der Waals surface area contributed by atoms with Crippen molar-refractivity contribution in [2.24, 2.45) is 0 Å². The first-order chi connectivity index (χ1) is 24.8. The third kappa shape index (κ3) is 4.50. The van der Waals surface area contributed by atoms with Gasteiger partial charge in [0.15, 0.2) is 11.6 Å². The van der Waals surface area contributed by atoms with E-state index in [2.05, 4.69) is 100 Å². The molecule has 0 aliphatic heterocycles. The Balaban J connectivity index is 1.29.